The zero-order valence-corrected chi connectivity index (χ0v) is 15.1. The number of aromatic nitrogens is 4. The van der Waals surface area contributed by atoms with Crippen molar-refractivity contribution in [2.24, 2.45) is 0 Å². The number of anilines is 3. The molecule has 26 heavy (non-hydrogen) atoms. The second kappa shape index (κ2) is 8.75. The Morgan fingerprint density at radius 1 is 1.15 bits per heavy atom. The lowest BCUT2D eigenvalue weighted by atomic mass is 9.93. The van der Waals surface area contributed by atoms with Gasteiger partial charge in [0.15, 0.2) is 0 Å². The Morgan fingerprint density at radius 2 is 1.96 bits per heavy atom. The first-order valence-corrected chi connectivity index (χ1v) is 9.29. The minimum Gasteiger partial charge on any atom is -0.393 e. The van der Waals surface area contributed by atoms with Gasteiger partial charge in [-0.2, -0.15) is 4.98 Å². The summed E-state index contributed by atoms with van der Waals surface area (Å²) in [5.41, 5.74) is 7.20. The van der Waals surface area contributed by atoms with Crippen LogP contribution in [0.2, 0.25) is 0 Å². The number of unbranched alkanes of at least 4 members (excludes halogenated alkanes) is 1. The largest absolute Gasteiger partial charge is 0.393 e. The molecular formula is C18H27N7O. The van der Waals surface area contributed by atoms with Crippen molar-refractivity contribution in [1.82, 2.24) is 19.9 Å². The Labute approximate surface area is 153 Å². The molecule has 2 aromatic heterocycles. The first kappa shape index (κ1) is 18.3. The summed E-state index contributed by atoms with van der Waals surface area (Å²) in [5.74, 6) is 1.68. The molecule has 1 saturated carbocycles. The van der Waals surface area contributed by atoms with E-state index in [4.69, 9.17) is 5.73 Å². The second-order valence-electron chi connectivity index (χ2n) is 6.72. The summed E-state index contributed by atoms with van der Waals surface area (Å²) in [7, 11) is 0. The Balaban J connectivity index is 1.84. The van der Waals surface area contributed by atoms with E-state index in [9.17, 15) is 5.11 Å². The zero-order valence-electron chi connectivity index (χ0n) is 15.1. The summed E-state index contributed by atoms with van der Waals surface area (Å²) >= 11 is 0. The number of aliphatic hydroxyl groups excluding tert-OH is 1. The summed E-state index contributed by atoms with van der Waals surface area (Å²) < 4.78 is 0. The van der Waals surface area contributed by atoms with Crippen LogP contribution in [0.3, 0.4) is 0 Å². The van der Waals surface area contributed by atoms with Crippen molar-refractivity contribution in [3.05, 3.63) is 18.6 Å². The molecule has 0 spiro atoms. The highest BCUT2D eigenvalue weighted by molar-refractivity contribution is 5.73. The van der Waals surface area contributed by atoms with Crippen LogP contribution in [-0.2, 0) is 0 Å². The van der Waals surface area contributed by atoms with Gasteiger partial charge < -0.3 is 21.5 Å². The molecule has 2 heterocycles. The highest BCUT2D eigenvalue weighted by atomic mass is 16.3. The van der Waals surface area contributed by atoms with Gasteiger partial charge in [-0.25, -0.2) is 9.97 Å². The average Bonchev–Trinajstić information content (AvgIpc) is 2.64. The van der Waals surface area contributed by atoms with E-state index >= 15 is 0 Å². The van der Waals surface area contributed by atoms with E-state index in [1.807, 2.05) is 0 Å². The lowest BCUT2D eigenvalue weighted by Crippen LogP contribution is -2.29. The number of nitrogens with two attached hydrogens (primary N) is 1. The highest BCUT2D eigenvalue weighted by Crippen LogP contribution is 2.28. The molecule has 1 aliphatic carbocycles. The standard InChI is InChI=1S/C18H27N7O/c1-2-3-8-21-18-22-9-14(15-10-20-11-16(19)24-15)17(25-18)23-12-4-6-13(26)7-5-12/h9-13,26H,2-8H2,1H3,(H2,19,24)(H2,21,22,23,25)/t12-,13-. The van der Waals surface area contributed by atoms with E-state index in [0.717, 1.165) is 56.5 Å². The number of hydrogen-bond donors (Lipinski definition) is 4. The first-order valence-electron chi connectivity index (χ1n) is 9.29. The number of hydrogen-bond acceptors (Lipinski definition) is 8. The normalized spacial score (nSPS) is 19.9. The van der Waals surface area contributed by atoms with Gasteiger partial charge in [-0.1, -0.05) is 13.3 Å². The van der Waals surface area contributed by atoms with Gasteiger partial charge in [0.1, 0.15) is 11.6 Å². The number of aliphatic hydroxyl groups is 1. The first-order chi connectivity index (χ1) is 12.7. The molecule has 0 saturated heterocycles. The molecule has 1 fully saturated rings. The summed E-state index contributed by atoms with van der Waals surface area (Å²) in [5, 5.41) is 16.5. The molecule has 0 bridgehead atoms. The number of nitrogens with one attached hydrogen (secondary N) is 2. The van der Waals surface area contributed by atoms with Crippen molar-refractivity contribution in [3.63, 3.8) is 0 Å². The third-order valence-electron chi connectivity index (χ3n) is 4.57. The monoisotopic (exact) mass is 357 g/mol. The van der Waals surface area contributed by atoms with Crippen molar-refractivity contribution in [3.8, 4) is 11.3 Å². The molecular weight excluding hydrogens is 330 g/mol. The van der Waals surface area contributed by atoms with Crippen LogP contribution in [0, 0.1) is 0 Å². The molecule has 0 atom stereocenters. The van der Waals surface area contributed by atoms with Crippen LogP contribution in [0.25, 0.3) is 11.3 Å². The Morgan fingerprint density at radius 3 is 2.69 bits per heavy atom. The molecule has 8 heteroatoms. The van der Waals surface area contributed by atoms with Crippen molar-refractivity contribution in [2.75, 3.05) is 22.9 Å². The summed E-state index contributed by atoms with van der Waals surface area (Å²) in [6.07, 6.45) is 10.3. The van der Waals surface area contributed by atoms with Gasteiger partial charge in [0.05, 0.1) is 29.8 Å². The van der Waals surface area contributed by atoms with Crippen LogP contribution < -0.4 is 16.4 Å². The van der Waals surface area contributed by atoms with Crippen molar-refractivity contribution >= 4 is 17.6 Å². The summed E-state index contributed by atoms with van der Waals surface area (Å²) in [6.45, 7) is 2.98. The van der Waals surface area contributed by atoms with E-state index in [1.54, 1.807) is 12.4 Å². The van der Waals surface area contributed by atoms with E-state index in [1.165, 1.54) is 6.20 Å². The van der Waals surface area contributed by atoms with Crippen LogP contribution >= 0.6 is 0 Å². The van der Waals surface area contributed by atoms with Crippen LogP contribution in [0.5, 0.6) is 0 Å². The topological polar surface area (TPSA) is 122 Å². The van der Waals surface area contributed by atoms with Crippen LogP contribution in [-0.4, -0.2) is 43.7 Å². The third kappa shape index (κ3) is 4.78. The van der Waals surface area contributed by atoms with Gasteiger partial charge in [-0.3, -0.25) is 4.98 Å². The van der Waals surface area contributed by atoms with Crippen LogP contribution in [0.15, 0.2) is 18.6 Å². The lowest BCUT2D eigenvalue weighted by Gasteiger charge is -2.27. The number of rotatable bonds is 7. The molecule has 3 rings (SSSR count). The van der Waals surface area contributed by atoms with E-state index < -0.39 is 0 Å². The number of nitrogens with zero attached hydrogens (tertiary/aromatic N) is 4. The van der Waals surface area contributed by atoms with Gasteiger partial charge in [0, 0.05) is 18.8 Å². The van der Waals surface area contributed by atoms with Crippen molar-refractivity contribution in [2.45, 2.75) is 57.6 Å². The zero-order chi connectivity index (χ0) is 18.4. The average molecular weight is 357 g/mol. The molecule has 0 unspecified atom stereocenters. The Kier molecular flexibility index (Phi) is 6.17. The van der Waals surface area contributed by atoms with E-state index in [-0.39, 0.29) is 12.1 Å². The molecule has 0 radical (unpaired) electrons. The van der Waals surface area contributed by atoms with Crippen molar-refractivity contribution in [1.29, 1.82) is 0 Å². The highest BCUT2D eigenvalue weighted by Gasteiger charge is 2.21. The SMILES string of the molecule is CCCCNc1ncc(-c2cncc(N)n2)c(N[C@H]2CC[C@H](O)CC2)n1. The second-order valence-corrected chi connectivity index (χ2v) is 6.72. The maximum absolute atomic E-state index is 9.73. The quantitative estimate of drug-likeness (QED) is 0.557. The Hall–Kier alpha value is -2.48. The predicted octanol–water partition coefficient (Wildman–Crippen LogP) is 2.44. The minimum absolute atomic E-state index is 0.191. The minimum atomic E-state index is -0.191. The maximum atomic E-state index is 9.73. The molecule has 0 amide bonds. The van der Waals surface area contributed by atoms with Gasteiger partial charge in [0.2, 0.25) is 5.95 Å². The van der Waals surface area contributed by atoms with Gasteiger partial charge >= 0.3 is 0 Å². The van der Waals surface area contributed by atoms with Gasteiger partial charge in [0.25, 0.3) is 0 Å². The van der Waals surface area contributed by atoms with Crippen molar-refractivity contribution < 1.29 is 5.11 Å². The molecule has 1 aliphatic rings. The van der Waals surface area contributed by atoms with E-state index in [2.05, 4.69) is 37.5 Å². The Bertz CT molecular complexity index is 716. The summed E-state index contributed by atoms with van der Waals surface area (Å²) in [6, 6.07) is 0.268. The third-order valence-corrected chi connectivity index (χ3v) is 4.57. The molecule has 0 aromatic carbocycles. The lowest BCUT2D eigenvalue weighted by molar-refractivity contribution is 0.126. The molecule has 5 N–H and O–H groups in total. The fourth-order valence-corrected chi connectivity index (χ4v) is 3.07. The fourth-order valence-electron chi connectivity index (χ4n) is 3.07. The smallest absolute Gasteiger partial charge is 0.224 e. The molecule has 2 aromatic rings. The molecule has 140 valence electrons. The molecule has 0 aliphatic heterocycles. The maximum Gasteiger partial charge on any atom is 0.224 e. The summed E-state index contributed by atoms with van der Waals surface area (Å²) in [4.78, 5) is 17.5. The predicted molar refractivity (Wildman–Crippen MR) is 103 cm³/mol. The van der Waals surface area contributed by atoms with Crippen LogP contribution in [0.1, 0.15) is 45.4 Å². The molecule has 8 nitrogen and oxygen atoms in total. The van der Waals surface area contributed by atoms with E-state index in [0.29, 0.717) is 17.5 Å². The van der Waals surface area contributed by atoms with Gasteiger partial charge in [-0.15, -0.1) is 0 Å². The van der Waals surface area contributed by atoms with Gasteiger partial charge in [-0.05, 0) is 32.1 Å². The fraction of sp³-hybridized carbons (Fsp3) is 0.556. The number of nitrogen functional groups attached to an aromatic ring is 1. The van der Waals surface area contributed by atoms with Crippen LogP contribution in [0.4, 0.5) is 17.6 Å².